The van der Waals surface area contributed by atoms with Crippen molar-refractivity contribution in [2.24, 2.45) is 9.98 Å². The summed E-state index contributed by atoms with van der Waals surface area (Å²) in [6, 6.07) is 28.0. The van der Waals surface area contributed by atoms with Gasteiger partial charge in [0.1, 0.15) is 0 Å². The molecular weight excluding hydrogens is 268 g/mol. The van der Waals surface area contributed by atoms with Gasteiger partial charge in [0.05, 0.1) is 11.4 Å². The maximum atomic E-state index is 4.46. The molecule has 22 heavy (non-hydrogen) atoms. The van der Waals surface area contributed by atoms with Crippen LogP contribution in [0.15, 0.2) is 94.9 Å². The highest BCUT2D eigenvalue weighted by molar-refractivity contribution is 5.83. The van der Waals surface area contributed by atoms with E-state index in [0.29, 0.717) is 0 Å². The van der Waals surface area contributed by atoms with Crippen LogP contribution in [-0.2, 0) is 0 Å². The smallest absolute Gasteiger partial charge is 0.0631 e. The Labute approximate surface area is 130 Å². The van der Waals surface area contributed by atoms with Crippen molar-refractivity contribution in [2.45, 2.75) is 0 Å². The van der Waals surface area contributed by atoms with Gasteiger partial charge in [-0.25, -0.2) is 0 Å². The summed E-state index contributed by atoms with van der Waals surface area (Å²) >= 11 is 0. The van der Waals surface area contributed by atoms with Crippen LogP contribution in [0.25, 0.3) is 0 Å². The lowest BCUT2D eigenvalue weighted by atomic mass is 10.2. The third kappa shape index (κ3) is 4.00. The summed E-state index contributed by atoms with van der Waals surface area (Å²) in [5.41, 5.74) is 4.02. The van der Waals surface area contributed by atoms with Gasteiger partial charge in [0.15, 0.2) is 0 Å². The highest BCUT2D eigenvalue weighted by Gasteiger charge is 1.91. The van der Waals surface area contributed by atoms with Crippen LogP contribution in [-0.4, -0.2) is 12.4 Å². The topological polar surface area (TPSA) is 24.7 Å². The summed E-state index contributed by atoms with van der Waals surface area (Å²) in [6.07, 6.45) is 3.73. The fourth-order valence-electron chi connectivity index (χ4n) is 2.00. The Hall–Kier alpha value is -3.00. The van der Waals surface area contributed by atoms with Crippen molar-refractivity contribution in [1.82, 2.24) is 0 Å². The fourth-order valence-corrected chi connectivity index (χ4v) is 2.00. The molecule has 0 aliphatic rings. The summed E-state index contributed by atoms with van der Waals surface area (Å²) < 4.78 is 0. The van der Waals surface area contributed by atoms with Gasteiger partial charge >= 0.3 is 0 Å². The monoisotopic (exact) mass is 284 g/mol. The van der Waals surface area contributed by atoms with E-state index in [1.165, 1.54) is 0 Å². The van der Waals surface area contributed by atoms with Gasteiger partial charge in [-0.1, -0.05) is 60.7 Å². The SMILES string of the molecule is C(=Nc1ccc(N=Cc2ccccc2)cc1)c1ccccc1. The van der Waals surface area contributed by atoms with Gasteiger partial charge in [-0.2, -0.15) is 0 Å². The molecule has 106 valence electrons. The lowest BCUT2D eigenvalue weighted by molar-refractivity contribution is 1.48. The molecule has 0 spiro atoms. The molecule has 3 aromatic rings. The second-order valence-corrected chi connectivity index (χ2v) is 4.85. The largest absolute Gasteiger partial charge is 0.256 e. The van der Waals surface area contributed by atoms with Crippen LogP contribution in [0.4, 0.5) is 11.4 Å². The minimum atomic E-state index is 0.919. The molecule has 3 aromatic carbocycles. The highest BCUT2D eigenvalue weighted by atomic mass is 14.7. The number of hydrogen-bond acceptors (Lipinski definition) is 2. The van der Waals surface area contributed by atoms with E-state index in [9.17, 15) is 0 Å². The van der Waals surface area contributed by atoms with E-state index in [2.05, 4.69) is 9.98 Å². The van der Waals surface area contributed by atoms with Gasteiger partial charge in [0.2, 0.25) is 0 Å². The normalized spacial score (nSPS) is 11.3. The van der Waals surface area contributed by atoms with Gasteiger partial charge in [-0.05, 0) is 35.4 Å². The molecule has 0 aliphatic heterocycles. The minimum Gasteiger partial charge on any atom is -0.256 e. The minimum absolute atomic E-state index is 0.919. The average Bonchev–Trinajstić information content (AvgIpc) is 2.61. The third-order valence-electron chi connectivity index (χ3n) is 3.17. The first-order valence-electron chi connectivity index (χ1n) is 7.18. The molecule has 0 aromatic heterocycles. The molecule has 0 aliphatic carbocycles. The summed E-state index contributed by atoms with van der Waals surface area (Å²) in [7, 11) is 0. The van der Waals surface area contributed by atoms with E-state index in [1.807, 2.05) is 97.4 Å². The van der Waals surface area contributed by atoms with Crippen LogP contribution < -0.4 is 0 Å². The number of hydrogen-bond donors (Lipinski definition) is 0. The Morgan fingerprint density at radius 1 is 0.455 bits per heavy atom. The van der Waals surface area contributed by atoms with Crippen LogP contribution >= 0.6 is 0 Å². The third-order valence-corrected chi connectivity index (χ3v) is 3.17. The van der Waals surface area contributed by atoms with Crippen molar-refractivity contribution in [2.75, 3.05) is 0 Å². The standard InChI is InChI=1S/C20H16N2/c1-3-7-17(8-4-1)15-21-19-11-13-20(14-12-19)22-16-18-9-5-2-6-10-18/h1-16H. The average molecular weight is 284 g/mol. The summed E-state index contributed by atoms with van der Waals surface area (Å²) in [5.74, 6) is 0. The van der Waals surface area contributed by atoms with Gasteiger partial charge in [0, 0.05) is 12.4 Å². The first kappa shape index (κ1) is 14.0. The fraction of sp³-hybridized carbons (Fsp3) is 0. The highest BCUT2D eigenvalue weighted by Crippen LogP contribution is 2.18. The number of rotatable bonds is 4. The Morgan fingerprint density at radius 3 is 1.18 bits per heavy atom. The Balaban J connectivity index is 1.68. The lowest BCUT2D eigenvalue weighted by Crippen LogP contribution is -1.78. The molecule has 0 saturated heterocycles. The zero-order valence-electron chi connectivity index (χ0n) is 12.1. The molecule has 0 bridgehead atoms. The maximum absolute atomic E-state index is 4.46. The van der Waals surface area contributed by atoms with Gasteiger partial charge in [0.25, 0.3) is 0 Å². The van der Waals surface area contributed by atoms with Crippen molar-refractivity contribution in [3.05, 3.63) is 96.1 Å². The van der Waals surface area contributed by atoms with Gasteiger partial charge in [-0.3, -0.25) is 9.98 Å². The molecule has 0 amide bonds. The zero-order chi connectivity index (χ0) is 15.0. The Kier molecular flexibility index (Phi) is 4.53. The first-order valence-corrected chi connectivity index (χ1v) is 7.18. The quantitative estimate of drug-likeness (QED) is 0.589. The van der Waals surface area contributed by atoms with Crippen LogP contribution in [0.2, 0.25) is 0 Å². The molecule has 0 fully saturated rings. The molecule has 0 saturated carbocycles. The molecular formula is C20H16N2. The summed E-state index contributed by atoms with van der Waals surface area (Å²) in [4.78, 5) is 8.92. The first-order chi connectivity index (χ1) is 10.9. The molecule has 0 heterocycles. The van der Waals surface area contributed by atoms with Crippen LogP contribution in [0.5, 0.6) is 0 Å². The van der Waals surface area contributed by atoms with E-state index in [4.69, 9.17) is 0 Å². The van der Waals surface area contributed by atoms with Crippen molar-refractivity contribution < 1.29 is 0 Å². The molecule has 0 N–H and O–H groups in total. The van der Waals surface area contributed by atoms with E-state index in [0.717, 1.165) is 22.5 Å². The number of aliphatic imine (C=N–C) groups is 2. The Bertz CT molecular complexity index is 689. The van der Waals surface area contributed by atoms with Crippen LogP contribution in [0.3, 0.4) is 0 Å². The number of nitrogens with zero attached hydrogens (tertiary/aromatic N) is 2. The predicted molar refractivity (Wildman–Crippen MR) is 93.8 cm³/mol. The maximum Gasteiger partial charge on any atom is 0.0631 e. The van der Waals surface area contributed by atoms with Crippen molar-refractivity contribution in [3.63, 3.8) is 0 Å². The van der Waals surface area contributed by atoms with Crippen molar-refractivity contribution in [3.8, 4) is 0 Å². The number of benzene rings is 3. The molecule has 2 heteroatoms. The van der Waals surface area contributed by atoms with Gasteiger partial charge < -0.3 is 0 Å². The Morgan fingerprint density at radius 2 is 0.818 bits per heavy atom. The zero-order valence-corrected chi connectivity index (χ0v) is 12.1. The molecule has 2 nitrogen and oxygen atoms in total. The van der Waals surface area contributed by atoms with Crippen LogP contribution in [0, 0.1) is 0 Å². The molecule has 0 atom stereocenters. The van der Waals surface area contributed by atoms with Gasteiger partial charge in [-0.15, -0.1) is 0 Å². The second-order valence-electron chi connectivity index (χ2n) is 4.85. The second kappa shape index (κ2) is 7.14. The molecule has 0 unspecified atom stereocenters. The van der Waals surface area contributed by atoms with Crippen molar-refractivity contribution >= 4 is 23.8 Å². The lowest BCUT2D eigenvalue weighted by Gasteiger charge is -1.96. The summed E-state index contributed by atoms with van der Waals surface area (Å²) in [5, 5.41) is 0. The molecule has 0 radical (unpaired) electrons. The summed E-state index contributed by atoms with van der Waals surface area (Å²) in [6.45, 7) is 0. The van der Waals surface area contributed by atoms with Crippen LogP contribution in [0.1, 0.15) is 11.1 Å². The van der Waals surface area contributed by atoms with E-state index >= 15 is 0 Å². The van der Waals surface area contributed by atoms with Crippen molar-refractivity contribution in [1.29, 1.82) is 0 Å². The molecule has 3 rings (SSSR count). The predicted octanol–water partition coefficient (Wildman–Crippen LogP) is 5.19. The van der Waals surface area contributed by atoms with E-state index < -0.39 is 0 Å². The van der Waals surface area contributed by atoms with E-state index in [-0.39, 0.29) is 0 Å². The van der Waals surface area contributed by atoms with E-state index in [1.54, 1.807) is 0 Å².